The fraction of sp³-hybridized carbons (Fsp3) is 0.238. The number of aliphatic hydroxyl groups is 1. The molecule has 0 radical (unpaired) electrons. The number of fused-ring (bicyclic) bond motifs is 2. The Kier molecular flexibility index (Phi) is 3.31. The molecule has 0 amide bonds. The van der Waals surface area contributed by atoms with E-state index in [1.165, 1.54) is 6.07 Å². The van der Waals surface area contributed by atoms with Gasteiger partial charge < -0.3 is 5.11 Å². The Morgan fingerprint density at radius 2 is 1.76 bits per heavy atom. The summed E-state index contributed by atoms with van der Waals surface area (Å²) in [7, 11) is 0. The van der Waals surface area contributed by atoms with Crippen molar-refractivity contribution in [2.75, 3.05) is 0 Å². The topological polar surface area (TPSA) is 45.5 Å². The van der Waals surface area contributed by atoms with Crippen LogP contribution in [0, 0.1) is 5.82 Å². The predicted molar refractivity (Wildman–Crippen MR) is 97.4 cm³/mol. The monoisotopic (exact) mass is 334 g/mol. The van der Waals surface area contributed by atoms with Crippen molar-refractivity contribution in [1.82, 2.24) is 4.98 Å². The highest BCUT2D eigenvalue weighted by atomic mass is 19.1. The van der Waals surface area contributed by atoms with Gasteiger partial charge in [-0.3, -0.25) is 9.98 Å². The summed E-state index contributed by atoms with van der Waals surface area (Å²) < 4.78 is 14.6. The molecule has 0 saturated carbocycles. The molecule has 4 rings (SSSR count). The number of rotatable bonds is 1. The standard InChI is InChI=1S/C21H19FN2O/c1-20(2)21(3,25)18-15(8-6-9-16(18)22)19(24-20)14-11-13-7-4-5-10-17(13)23-12-14/h4-12,25H,1-3H3. The molecule has 0 aliphatic carbocycles. The lowest BCUT2D eigenvalue weighted by Crippen LogP contribution is -2.48. The maximum atomic E-state index is 14.6. The minimum Gasteiger partial charge on any atom is -0.383 e. The number of para-hydroxylation sites is 1. The second-order valence-electron chi connectivity index (χ2n) is 7.17. The molecule has 126 valence electrons. The average Bonchev–Trinajstić information content (AvgIpc) is 2.58. The SMILES string of the molecule is CC1(C)N=C(c2cnc3ccccc3c2)c2cccc(F)c2C1(C)O. The van der Waals surface area contributed by atoms with E-state index in [4.69, 9.17) is 4.99 Å². The second-order valence-corrected chi connectivity index (χ2v) is 7.17. The summed E-state index contributed by atoms with van der Waals surface area (Å²) in [5, 5.41) is 12.0. The summed E-state index contributed by atoms with van der Waals surface area (Å²) in [6.07, 6.45) is 1.76. The van der Waals surface area contributed by atoms with Gasteiger partial charge in [-0.1, -0.05) is 30.3 Å². The Hall–Kier alpha value is -2.59. The molecule has 25 heavy (non-hydrogen) atoms. The van der Waals surface area contributed by atoms with Crippen LogP contribution in [0.4, 0.5) is 4.39 Å². The molecule has 1 aliphatic rings. The zero-order valence-electron chi connectivity index (χ0n) is 14.4. The Labute approximate surface area is 145 Å². The number of halogens is 1. The summed E-state index contributed by atoms with van der Waals surface area (Å²) >= 11 is 0. The van der Waals surface area contributed by atoms with Crippen molar-refractivity contribution >= 4 is 16.6 Å². The number of nitrogens with zero attached hydrogens (tertiary/aromatic N) is 2. The van der Waals surface area contributed by atoms with E-state index in [1.54, 1.807) is 25.3 Å². The van der Waals surface area contributed by atoms with E-state index in [2.05, 4.69) is 4.98 Å². The number of hydrogen-bond acceptors (Lipinski definition) is 3. The van der Waals surface area contributed by atoms with Gasteiger partial charge in [0, 0.05) is 28.3 Å². The molecule has 1 atom stereocenters. The number of aromatic nitrogens is 1. The first kappa shape index (κ1) is 15.9. The van der Waals surface area contributed by atoms with Crippen LogP contribution in [0.1, 0.15) is 37.5 Å². The molecule has 1 aromatic heterocycles. The predicted octanol–water partition coefficient (Wildman–Crippen LogP) is 4.21. The summed E-state index contributed by atoms with van der Waals surface area (Å²) in [5.74, 6) is -0.420. The maximum Gasteiger partial charge on any atom is 0.130 e. The largest absolute Gasteiger partial charge is 0.383 e. The minimum atomic E-state index is -1.40. The Morgan fingerprint density at radius 1 is 1.00 bits per heavy atom. The first-order valence-corrected chi connectivity index (χ1v) is 8.28. The van der Waals surface area contributed by atoms with Gasteiger partial charge in [0.2, 0.25) is 0 Å². The van der Waals surface area contributed by atoms with Gasteiger partial charge in [-0.15, -0.1) is 0 Å². The van der Waals surface area contributed by atoms with E-state index in [0.717, 1.165) is 16.5 Å². The molecule has 3 nitrogen and oxygen atoms in total. The van der Waals surface area contributed by atoms with Gasteiger partial charge in [-0.05, 0) is 39.0 Å². The summed E-state index contributed by atoms with van der Waals surface area (Å²) in [6.45, 7) is 5.25. The van der Waals surface area contributed by atoms with Crippen LogP contribution in [-0.4, -0.2) is 21.3 Å². The van der Waals surface area contributed by atoms with Crippen LogP contribution >= 0.6 is 0 Å². The van der Waals surface area contributed by atoms with Crippen LogP contribution in [-0.2, 0) is 5.60 Å². The highest BCUT2D eigenvalue weighted by Gasteiger charge is 2.47. The molecule has 0 saturated heterocycles. The van der Waals surface area contributed by atoms with Gasteiger partial charge in [0.25, 0.3) is 0 Å². The molecule has 1 aliphatic heterocycles. The van der Waals surface area contributed by atoms with E-state index in [-0.39, 0.29) is 5.56 Å². The first-order chi connectivity index (χ1) is 11.8. The molecule has 0 spiro atoms. The Balaban J connectivity index is 2.00. The van der Waals surface area contributed by atoms with Gasteiger partial charge >= 0.3 is 0 Å². The van der Waals surface area contributed by atoms with Crippen LogP contribution in [0.25, 0.3) is 10.9 Å². The molecule has 2 heterocycles. The van der Waals surface area contributed by atoms with Crippen LogP contribution in [0.3, 0.4) is 0 Å². The van der Waals surface area contributed by atoms with E-state index in [1.807, 2.05) is 44.2 Å². The van der Waals surface area contributed by atoms with E-state index >= 15 is 0 Å². The Morgan fingerprint density at radius 3 is 2.56 bits per heavy atom. The smallest absolute Gasteiger partial charge is 0.130 e. The lowest BCUT2D eigenvalue weighted by atomic mass is 9.73. The van der Waals surface area contributed by atoms with Crippen LogP contribution < -0.4 is 0 Å². The number of aliphatic imine (C=N–C) groups is 1. The third-order valence-electron chi connectivity index (χ3n) is 5.20. The molecule has 0 fully saturated rings. The number of hydrogen-bond donors (Lipinski definition) is 1. The lowest BCUT2D eigenvalue weighted by molar-refractivity contribution is -0.0128. The molecule has 1 unspecified atom stereocenters. The number of benzene rings is 2. The van der Waals surface area contributed by atoms with Crippen molar-refractivity contribution in [1.29, 1.82) is 0 Å². The van der Waals surface area contributed by atoms with Gasteiger partial charge in [-0.2, -0.15) is 0 Å². The molecular formula is C21H19FN2O. The summed E-state index contributed by atoms with van der Waals surface area (Å²) in [4.78, 5) is 9.29. The van der Waals surface area contributed by atoms with Gasteiger partial charge in [0.1, 0.15) is 11.4 Å². The maximum absolute atomic E-state index is 14.6. The normalized spacial score (nSPS) is 21.7. The minimum absolute atomic E-state index is 0.290. The van der Waals surface area contributed by atoms with Crippen molar-refractivity contribution in [3.8, 4) is 0 Å². The second kappa shape index (κ2) is 5.20. The van der Waals surface area contributed by atoms with Crippen LogP contribution in [0.5, 0.6) is 0 Å². The van der Waals surface area contributed by atoms with Crippen molar-refractivity contribution in [2.45, 2.75) is 31.9 Å². The summed E-state index contributed by atoms with van der Waals surface area (Å²) in [5.41, 5.74) is 0.997. The third-order valence-corrected chi connectivity index (χ3v) is 5.20. The van der Waals surface area contributed by atoms with Crippen molar-refractivity contribution in [2.24, 2.45) is 4.99 Å². The van der Waals surface area contributed by atoms with E-state index < -0.39 is 17.0 Å². The van der Waals surface area contributed by atoms with Gasteiger partial charge in [0.15, 0.2) is 0 Å². The first-order valence-electron chi connectivity index (χ1n) is 8.28. The van der Waals surface area contributed by atoms with Gasteiger partial charge in [0.05, 0.1) is 16.8 Å². The molecule has 2 aromatic carbocycles. The van der Waals surface area contributed by atoms with Gasteiger partial charge in [-0.25, -0.2) is 4.39 Å². The molecule has 1 N–H and O–H groups in total. The van der Waals surface area contributed by atoms with E-state index in [0.29, 0.717) is 11.3 Å². The fourth-order valence-electron chi connectivity index (χ4n) is 3.39. The number of pyridine rings is 1. The van der Waals surface area contributed by atoms with E-state index in [9.17, 15) is 9.50 Å². The van der Waals surface area contributed by atoms with Crippen molar-refractivity contribution in [3.05, 3.63) is 77.2 Å². The Bertz CT molecular complexity index is 1020. The highest BCUT2D eigenvalue weighted by Crippen LogP contribution is 2.43. The molecular weight excluding hydrogens is 315 g/mol. The molecule has 4 heteroatoms. The lowest BCUT2D eigenvalue weighted by Gasteiger charge is -2.42. The fourth-order valence-corrected chi connectivity index (χ4v) is 3.39. The van der Waals surface area contributed by atoms with Crippen molar-refractivity contribution in [3.63, 3.8) is 0 Å². The average molecular weight is 334 g/mol. The zero-order chi connectivity index (χ0) is 17.8. The highest BCUT2D eigenvalue weighted by molar-refractivity contribution is 6.15. The quantitative estimate of drug-likeness (QED) is 0.724. The summed E-state index contributed by atoms with van der Waals surface area (Å²) in [6, 6.07) is 14.7. The van der Waals surface area contributed by atoms with Crippen LogP contribution in [0.2, 0.25) is 0 Å². The van der Waals surface area contributed by atoms with Crippen molar-refractivity contribution < 1.29 is 9.50 Å². The zero-order valence-corrected chi connectivity index (χ0v) is 14.4. The molecule has 3 aromatic rings. The molecule has 0 bridgehead atoms. The third kappa shape index (κ3) is 2.29. The van der Waals surface area contributed by atoms with Crippen LogP contribution in [0.15, 0.2) is 59.7 Å².